The second-order valence-corrected chi connectivity index (χ2v) is 7.71. The summed E-state index contributed by atoms with van der Waals surface area (Å²) in [6.45, 7) is 3.29. The van der Waals surface area contributed by atoms with Crippen molar-refractivity contribution in [1.82, 2.24) is 14.6 Å². The number of rotatable bonds is 3. The number of anilines is 1. The van der Waals surface area contributed by atoms with Gasteiger partial charge in [-0.05, 0) is 50.5 Å². The van der Waals surface area contributed by atoms with Crippen LogP contribution in [0.1, 0.15) is 26.2 Å². The molecule has 0 amide bonds. The van der Waals surface area contributed by atoms with E-state index in [-0.39, 0.29) is 5.82 Å². The minimum atomic E-state index is -0.246. The maximum Gasteiger partial charge on any atom is 0.158 e. The summed E-state index contributed by atoms with van der Waals surface area (Å²) in [6.07, 6.45) is 3.62. The molecule has 1 aliphatic rings. The van der Waals surface area contributed by atoms with E-state index in [9.17, 15) is 4.39 Å². The first-order chi connectivity index (χ1) is 14.2. The summed E-state index contributed by atoms with van der Waals surface area (Å²) >= 11 is 0. The van der Waals surface area contributed by atoms with E-state index in [0.717, 1.165) is 40.5 Å². The molecule has 29 heavy (non-hydrogen) atoms. The van der Waals surface area contributed by atoms with Gasteiger partial charge in [-0.3, -0.25) is 0 Å². The average molecular weight is 386 g/mol. The molecule has 3 heterocycles. The van der Waals surface area contributed by atoms with Crippen molar-refractivity contribution in [2.75, 3.05) is 11.4 Å². The molecule has 0 saturated carbocycles. The second-order valence-electron chi connectivity index (χ2n) is 7.71. The van der Waals surface area contributed by atoms with Gasteiger partial charge in [-0.1, -0.05) is 30.3 Å². The fraction of sp³-hybridized carbons (Fsp3) is 0.250. The van der Waals surface area contributed by atoms with Gasteiger partial charge in [0.15, 0.2) is 5.65 Å². The highest BCUT2D eigenvalue weighted by Gasteiger charge is 2.23. The summed E-state index contributed by atoms with van der Waals surface area (Å²) in [5.74, 6) is 0.819. The molecule has 1 fully saturated rings. The monoisotopic (exact) mass is 386 g/mol. The van der Waals surface area contributed by atoms with E-state index >= 15 is 0 Å². The molecule has 0 radical (unpaired) electrons. The van der Waals surface area contributed by atoms with Gasteiger partial charge >= 0.3 is 0 Å². The van der Waals surface area contributed by atoms with Crippen LogP contribution < -0.4 is 4.90 Å². The third-order valence-electron chi connectivity index (χ3n) is 5.72. The molecule has 1 saturated heterocycles. The molecule has 2 aromatic carbocycles. The summed E-state index contributed by atoms with van der Waals surface area (Å²) in [4.78, 5) is 7.33. The van der Waals surface area contributed by atoms with E-state index in [1.54, 1.807) is 12.1 Å². The lowest BCUT2D eigenvalue weighted by atomic mass is 10.0. The highest BCUT2D eigenvalue weighted by molar-refractivity contribution is 5.71. The minimum absolute atomic E-state index is 0.246. The smallest absolute Gasteiger partial charge is 0.158 e. The van der Waals surface area contributed by atoms with Crippen LogP contribution in [0.2, 0.25) is 0 Å². The van der Waals surface area contributed by atoms with Crippen molar-refractivity contribution in [2.45, 2.75) is 32.2 Å². The summed E-state index contributed by atoms with van der Waals surface area (Å²) in [7, 11) is 0. The van der Waals surface area contributed by atoms with Crippen LogP contribution in [0.3, 0.4) is 0 Å². The number of aromatic nitrogens is 3. The molecule has 1 aliphatic heterocycles. The van der Waals surface area contributed by atoms with Gasteiger partial charge in [0.2, 0.25) is 0 Å². The Morgan fingerprint density at radius 1 is 0.897 bits per heavy atom. The Bertz CT molecular complexity index is 1130. The van der Waals surface area contributed by atoms with E-state index in [4.69, 9.17) is 10.1 Å². The number of halogens is 1. The van der Waals surface area contributed by atoms with Crippen LogP contribution in [0.4, 0.5) is 10.2 Å². The van der Waals surface area contributed by atoms with Crippen LogP contribution in [-0.2, 0) is 0 Å². The minimum Gasteiger partial charge on any atom is -0.354 e. The molecular weight excluding hydrogens is 363 g/mol. The Labute approximate surface area is 169 Å². The maximum absolute atomic E-state index is 13.4. The van der Waals surface area contributed by atoms with Crippen LogP contribution in [0.5, 0.6) is 0 Å². The third kappa shape index (κ3) is 3.37. The van der Waals surface area contributed by atoms with Crippen LogP contribution in [0.25, 0.3) is 28.2 Å². The summed E-state index contributed by atoms with van der Waals surface area (Å²) in [5.41, 5.74) is 4.52. The molecule has 4 nitrogen and oxygen atoms in total. The fourth-order valence-electron chi connectivity index (χ4n) is 4.12. The molecule has 5 rings (SSSR count). The Balaban J connectivity index is 1.69. The first kappa shape index (κ1) is 17.9. The normalized spacial score (nSPS) is 17.0. The van der Waals surface area contributed by atoms with Gasteiger partial charge in [0.25, 0.3) is 0 Å². The first-order valence-corrected chi connectivity index (χ1v) is 10.2. The zero-order valence-electron chi connectivity index (χ0n) is 16.4. The van der Waals surface area contributed by atoms with Gasteiger partial charge in [0.05, 0.1) is 11.4 Å². The highest BCUT2D eigenvalue weighted by atomic mass is 19.1. The van der Waals surface area contributed by atoms with Gasteiger partial charge in [-0.25, -0.2) is 9.37 Å². The van der Waals surface area contributed by atoms with E-state index in [2.05, 4.69) is 30.0 Å². The van der Waals surface area contributed by atoms with Crippen molar-refractivity contribution in [3.8, 4) is 22.5 Å². The molecule has 0 bridgehead atoms. The van der Waals surface area contributed by atoms with Crippen molar-refractivity contribution < 1.29 is 4.39 Å². The topological polar surface area (TPSA) is 33.4 Å². The maximum atomic E-state index is 13.4. The van der Waals surface area contributed by atoms with Gasteiger partial charge in [-0.15, -0.1) is 0 Å². The Morgan fingerprint density at radius 3 is 2.41 bits per heavy atom. The molecule has 5 heteroatoms. The van der Waals surface area contributed by atoms with Crippen LogP contribution >= 0.6 is 0 Å². The molecule has 4 aromatic rings. The van der Waals surface area contributed by atoms with Gasteiger partial charge in [0.1, 0.15) is 11.6 Å². The molecule has 0 spiro atoms. The summed E-state index contributed by atoms with van der Waals surface area (Å²) in [6, 6.07) is 21.3. The zero-order valence-corrected chi connectivity index (χ0v) is 16.4. The number of benzene rings is 2. The molecule has 0 N–H and O–H groups in total. The highest BCUT2D eigenvalue weighted by Crippen LogP contribution is 2.31. The number of hydrogen-bond acceptors (Lipinski definition) is 3. The van der Waals surface area contributed by atoms with Crippen molar-refractivity contribution in [2.24, 2.45) is 0 Å². The lowest BCUT2D eigenvalue weighted by Gasteiger charge is -2.35. The standard InChI is InChI=1S/C24H23FN4/c1-17-7-5-6-14-28(17)24-16-21(18-8-3-2-4-9-18)26-23-15-22(27-29(23)24)19-10-12-20(25)13-11-19/h2-4,8-13,15-17H,5-7,14H2,1H3/t17-/m0/s1. The second kappa shape index (κ2) is 7.32. The van der Waals surface area contributed by atoms with Crippen molar-refractivity contribution in [1.29, 1.82) is 0 Å². The van der Waals surface area contributed by atoms with Gasteiger partial charge in [-0.2, -0.15) is 9.61 Å². The Morgan fingerprint density at radius 2 is 1.66 bits per heavy atom. The molecule has 0 unspecified atom stereocenters. The summed E-state index contributed by atoms with van der Waals surface area (Å²) < 4.78 is 15.3. The molecule has 2 aromatic heterocycles. The lowest BCUT2D eigenvalue weighted by Crippen LogP contribution is -2.38. The van der Waals surface area contributed by atoms with Crippen LogP contribution in [-0.4, -0.2) is 27.2 Å². The number of nitrogens with zero attached hydrogens (tertiary/aromatic N) is 4. The number of piperidine rings is 1. The van der Waals surface area contributed by atoms with Gasteiger partial charge < -0.3 is 4.90 Å². The van der Waals surface area contributed by atoms with Crippen molar-refractivity contribution >= 4 is 11.5 Å². The molecule has 146 valence electrons. The third-order valence-corrected chi connectivity index (χ3v) is 5.72. The predicted molar refractivity (Wildman–Crippen MR) is 114 cm³/mol. The zero-order chi connectivity index (χ0) is 19.8. The van der Waals surface area contributed by atoms with E-state index in [1.807, 2.05) is 28.8 Å². The van der Waals surface area contributed by atoms with Crippen molar-refractivity contribution in [3.05, 3.63) is 72.5 Å². The largest absolute Gasteiger partial charge is 0.354 e. The average Bonchev–Trinajstić information content (AvgIpc) is 3.19. The Kier molecular flexibility index (Phi) is 4.51. The molecule has 0 aliphatic carbocycles. The van der Waals surface area contributed by atoms with E-state index < -0.39 is 0 Å². The number of hydrogen-bond donors (Lipinski definition) is 0. The van der Waals surface area contributed by atoms with Crippen LogP contribution in [0, 0.1) is 5.82 Å². The van der Waals surface area contributed by atoms with Crippen LogP contribution in [0.15, 0.2) is 66.7 Å². The summed E-state index contributed by atoms with van der Waals surface area (Å²) in [5, 5.41) is 4.85. The fourth-order valence-corrected chi connectivity index (χ4v) is 4.12. The Hall–Kier alpha value is -3.21. The molecular formula is C24H23FN4. The molecule has 1 atom stereocenters. The lowest BCUT2D eigenvalue weighted by molar-refractivity contribution is 0.478. The number of fused-ring (bicyclic) bond motifs is 1. The SMILES string of the molecule is C[C@H]1CCCCN1c1cc(-c2ccccc2)nc2cc(-c3ccc(F)cc3)nn12. The van der Waals surface area contributed by atoms with Gasteiger partial charge in [0, 0.05) is 35.8 Å². The van der Waals surface area contributed by atoms with E-state index in [1.165, 1.54) is 31.4 Å². The first-order valence-electron chi connectivity index (χ1n) is 10.2. The predicted octanol–water partition coefficient (Wildman–Crippen LogP) is 5.58. The van der Waals surface area contributed by atoms with E-state index in [0.29, 0.717) is 6.04 Å². The van der Waals surface area contributed by atoms with Crippen molar-refractivity contribution in [3.63, 3.8) is 0 Å². The quantitative estimate of drug-likeness (QED) is 0.461.